The van der Waals surface area contributed by atoms with Crippen molar-refractivity contribution in [3.8, 4) is 6.07 Å². The summed E-state index contributed by atoms with van der Waals surface area (Å²) in [7, 11) is -3.55. The maximum absolute atomic E-state index is 12.6. The molecule has 0 radical (unpaired) electrons. The van der Waals surface area contributed by atoms with E-state index < -0.39 is 10.0 Å². The molecule has 1 saturated heterocycles. The summed E-state index contributed by atoms with van der Waals surface area (Å²) in [6.07, 6.45) is 3.02. The highest BCUT2D eigenvalue weighted by Crippen LogP contribution is 2.30. The van der Waals surface area contributed by atoms with E-state index >= 15 is 0 Å². The third-order valence-corrected chi connectivity index (χ3v) is 5.97. The summed E-state index contributed by atoms with van der Waals surface area (Å²) in [6.45, 7) is 3.21. The topological polar surface area (TPSA) is 61.2 Å². The first-order valence-corrected chi connectivity index (χ1v) is 8.50. The number of hydrogen-bond donors (Lipinski definition) is 0. The van der Waals surface area contributed by atoms with E-state index in [1.165, 1.54) is 22.5 Å². The predicted octanol–water partition coefficient (Wildman–Crippen LogP) is 3.02. The van der Waals surface area contributed by atoms with Gasteiger partial charge >= 0.3 is 0 Å². The molecule has 0 N–H and O–H groups in total. The molecular weight excluding hydrogens is 296 g/mol. The molecule has 0 aliphatic carbocycles. The zero-order chi connectivity index (χ0) is 14.8. The van der Waals surface area contributed by atoms with Crippen LogP contribution >= 0.6 is 11.6 Å². The Hall–Kier alpha value is -1.09. The van der Waals surface area contributed by atoms with Gasteiger partial charge in [0.05, 0.1) is 16.7 Å². The standard InChI is InChI=1S/C14H17ClN2O2S/c1-2-3-11-6-7-17(10-11)20(18,19)14-5-4-12(9-16)8-13(14)15/h4-5,8,11H,2-3,6-7,10H2,1H3. The van der Waals surface area contributed by atoms with Crippen molar-refractivity contribution >= 4 is 21.6 Å². The Morgan fingerprint density at radius 3 is 2.85 bits per heavy atom. The molecule has 0 aromatic heterocycles. The number of nitrogens with zero attached hydrogens (tertiary/aromatic N) is 2. The molecule has 1 atom stereocenters. The van der Waals surface area contributed by atoms with Gasteiger partial charge in [-0.15, -0.1) is 0 Å². The quantitative estimate of drug-likeness (QED) is 0.858. The summed E-state index contributed by atoms with van der Waals surface area (Å²) in [5, 5.41) is 8.91. The number of sulfonamides is 1. The Labute approximate surface area is 125 Å². The van der Waals surface area contributed by atoms with Crippen molar-refractivity contribution < 1.29 is 8.42 Å². The fraction of sp³-hybridized carbons (Fsp3) is 0.500. The average molecular weight is 313 g/mol. The van der Waals surface area contributed by atoms with Gasteiger partial charge in [-0.1, -0.05) is 24.9 Å². The highest BCUT2D eigenvalue weighted by molar-refractivity contribution is 7.89. The summed E-state index contributed by atoms with van der Waals surface area (Å²) < 4.78 is 26.6. The van der Waals surface area contributed by atoms with Crippen molar-refractivity contribution in [2.24, 2.45) is 5.92 Å². The second-order valence-electron chi connectivity index (χ2n) is 5.06. The van der Waals surface area contributed by atoms with Crippen molar-refractivity contribution in [3.63, 3.8) is 0 Å². The van der Waals surface area contributed by atoms with Crippen LogP contribution in [-0.2, 0) is 10.0 Å². The molecule has 0 saturated carbocycles. The van der Waals surface area contributed by atoms with E-state index in [9.17, 15) is 8.42 Å². The normalized spacial score (nSPS) is 19.9. The molecule has 1 heterocycles. The lowest BCUT2D eigenvalue weighted by Gasteiger charge is -2.17. The Kier molecular flexibility index (Phi) is 4.69. The summed E-state index contributed by atoms with van der Waals surface area (Å²) in [4.78, 5) is 0.0929. The van der Waals surface area contributed by atoms with Crippen LogP contribution in [0.15, 0.2) is 23.1 Å². The molecule has 1 aromatic rings. The molecule has 2 rings (SSSR count). The number of benzene rings is 1. The Bertz CT molecular complexity index is 637. The summed E-state index contributed by atoms with van der Waals surface area (Å²) in [6, 6.07) is 6.25. The minimum atomic E-state index is -3.55. The second-order valence-corrected chi connectivity index (χ2v) is 7.38. The van der Waals surface area contributed by atoms with Gasteiger partial charge in [-0.25, -0.2) is 8.42 Å². The van der Waals surface area contributed by atoms with Gasteiger partial charge in [0.1, 0.15) is 4.90 Å². The largest absolute Gasteiger partial charge is 0.244 e. The molecule has 0 amide bonds. The molecule has 6 heteroatoms. The highest BCUT2D eigenvalue weighted by Gasteiger charge is 2.33. The van der Waals surface area contributed by atoms with Crippen LogP contribution in [0.1, 0.15) is 31.7 Å². The van der Waals surface area contributed by atoms with E-state index in [4.69, 9.17) is 16.9 Å². The van der Waals surface area contributed by atoms with Gasteiger partial charge in [0.25, 0.3) is 0 Å². The fourth-order valence-corrected chi connectivity index (χ4v) is 4.63. The molecule has 20 heavy (non-hydrogen) atoms. The van der Waals surface area contributed by atoms with Gasteiger partial charge in [-0.05, 0) is 37.0 Å². The van der Waals surface area contributed by atoms with Gasteiger partial charge in [-0.2, -0.15) is 9.57 Å². The summed E-state index contributed by atoms with van der Waals surface area (Å²) >= 11 is 6.01. The fourth-order valence-electron chi connectivity index (χ4n) is 2.58. The molecule has 108 valence electrons. The molecule has 0 bridgehead atoms. The van der Waals surface area contributed by atoms with E-state index in [-0.39, 0.29) is 9.92 Å². The maximum Gasteiger partial charge on any atom is 0.244 e. The molecule has 0 spiro atoms. The maximum atomic E-state index is 12.6. The zero-order valence-corrected chi connectivity index (χ0v) is 12.9. The van der Waals surface area contributed by atoms with Crippen LogP contribution in [0.4, 0.5) is 0 Å². The molecule has 4 nitrogen and oxygen atoms in total. The molecule has 1 aromatic carbocycles. The van der Waals surface area contributed by atoms with Crippen LogP contribution in [-0.4, -0.2) is 25.8 Å². The lowest BCUT2D eigenvalue weighted by atomic mass is 10.0. The van der Waals surface area contributed by atoms with Crippen LogP contribution in [0, 0.1) is 17.2 Å². The predicted molar refractivity (Wildman–Crippen MR) is 77.9 cm³/mol. The molecule has 1 unspecified atom stereocenters. The van der Waals surface area contributed by atoms with Gasteiger partial charge in [0.2, 0.25) is 10.0 Å². The Balaban J connectivity index is 2.26. The molecule has 1 aliphatic heterocycles. The zero-order valence-electron chi connectivity index (χ0n) is 11.3. The SMILES string of the molecule is CCCC1CCN(S(=O)(=O)c2ccc(C#N)cc2Cl)C1. The van der Waals surface area contributed by atoms with E-state index in [1.54, 1.807) is 0 Å². The Morgan fingerprint density at radius 2 is 2.25 bits per heavy atom. The first-order chi connectivity index (χ1) is 9.48. The van der Waals surface area contributed by atoms with Crippen LogP contribution < -0.4 is 0 Å². The monoisotopic (exact) mass is 312 g/mol. The van der Waals surface area contributed by atoms with Crippen molar-refractivity contribution in [1.82, 2.24) is 4.31 Å². The number of rotatable bonds is 4. The van der Waals surface area contributed by atoms with Crippen molar-refractivity contribution in [1.29, 1.82) is 5.26 Å². The van der Waals surface area contributed by atoms with Crippen molar-refractivity contribution in [2.45, 2.75) is 31.1 Å². The lowest BCUT2D eigenvalue weighted by molar-refractivity contribution is 0.444. The third kappa shape index (κ3) is 2.98. The van der Waals surface area contributed by atoms with E-state index in [0.29, 0.717) is 24.6 Å². The first-order valence-electron chi connectivity index (χ1n) is 6.68. The van der Waals surface area contributed by atoms with Gasteiger partial charge in [0.15, 0.2) is 0 Å². The van der Waals surface area contributed by atoms with E-state index in [2.05, 4.69) is 6.92 Å². The van der Waals surface area contributed by atoms with Gasteiger partial charge in [0, 0.05) is 13.1 Å². The van der Waals surface area contributed by atoms with Gasteiger partial charge in [-0.3, -0.25) is 0 Å². The molecular formula is C14H17ClN2O2S. The Morgan fingerprint density at radius 1 is 1.50 bits per heavy atom. The number of nitriles is 1. The first kappa shape index (κ1) is 15.3. The second kappa shape index (κ2) is 6.13. The van der Waals surface area contributed by atoms with E-state index in [1.807, 2.05) is 6.07 Å². The lowest BCUT2D eigenvalue weighted by Crippen LogP contribution is -2.29. The minimum Gasteiger partial charge on any atom is -0.207 e. The van der Waals surface area contributed by atoms with Crippen LogP contribution in [0.2, 0.25) is 5.02 Å². The van der Waals surface area contributed by atoms with Crippen LogP contribution in [0.3, 0.4) is 0 Å². The molecule has 1 fully saturated rings. The number of hydrogen-bond acceptors (Lipinski definition) is 3. The third-order valence-electron chi connectivity index (χ3n) is 3.62. The summed E-state index contributed by atoms with van der Waals surface area (Å²) in [5.74, 6) is 0.437. The van der Waals surface area contributed by atoms with Crippen molar-refractivity contribution in [2.75, 3.05) is 13.1 Å². The average Bonchev–Trinajstić information content (AvgIpc) is 2.88. The minimum absolute atomic E-state index is 0.0929. The highest BCUT2D eigenvalue weighted by atomic mass is 35.5. The smallest absolute Gasteiger partial charge is 0.207 e. The van der Waals surface area contributed by atoms with Gasteiger partial charge < -0.3 is 0 Å². The van der Waals surface area contributed by atoms with Crippen molar-refractivity contribution in [3.05, 3.63) is 28.8 Å². The van der Waals surface area contributed by atoms with Crippen LogP contribution in [0.25, 0.3) is 0 Å². The van der Waals surface area contributed by atoms with E-state index in [0.717, 1.165) is 19.3 Å². The number of halogens is 1. The molecule has 1 aliphatic rings. The summed E-state index contributed by atoms with van der Waals surface area (Å²) in [5.41, 5.74) is 0.360. The van der Waals surface area contributed by atoms with Crippen LogP contribution in [0.5, 0.6) is 0 Å².